The van der Waals surface area contributed by atoms with Gasteiger partial charge >= 0.3 is 6.18 Å². The van der Waals surface area contributed by atoms with Crippen molar-refractivity contribution in [2.75, 3.05) is 143 Å². The van der Waals surface area contributed by atoms with Gasteiger partial charge in [-0.15, -0.1) is 0 Å². The highest BCUT2D eigenvalue weighted by molar-refractivity contribution is 6.05. The number of fused-ring (bicyclic) bond motifs is 2. The zero-order valence-corrected chi connectivity index (χ0v) is 44.8. The topological polar surface area (TPSA) is 222 Å². The summed E-state index contributed by atoms with van der Waals surface area (Å²) in [7, 11) is 0. The number of nitrogens with zero attached hydrogens (tertiary/aromatic N) is 5. The average Bonchev–Trinajstić information content (AvgIpc) is 4.29. The lowest BCUT2D eigenvalue weighted by molar-refractivity contribution is -0.137. The van der Waals surface area contributed by atoms with Crippen molar-refractivity contribution in [3.63, 3.8) is 0 Å². The Morgan fingerprint density at radius 2 is 1.32 bits per heavy atom. The molecule has 0 spiro atoms. The molecule has 4 atom stereocenters. The van der Waals surface area contributed by atoms with Crippen LogP contribution in [0.25, 0.3) is 16.9 Å². The van der Waals surface area contributed by atoms with Crippen molar-refractivity contribution in [2.45, 2.75) is 39.1 Å². The first kappa shape index (κ1) is 60.7. The Morgan fingerprint density at radius 1 is 0.709 bits per heavy atom. The molecule has 1 unspecified atom stereocenters. The second kappa shape index (κ2) is 33.0. The fourth-order valence-electron chi connectivity index (χ4n) is 8.69. The molecule has 0 radical (unpaired) electrons. The molecule has 5 aromatic rings. The first-order chi connectivity index (χ1) is 38.5. The number of imidazole rings is 1. The lowest BCUT2D eigenvalue weighted by atomic mass is 9.92. The highest BCUT2D eigenvalue weighted by Gasteiger charge is 2.39. The molecule has 0 saturated heterocycles. The van der Waals surface area contributed by atoms with E-state index in [1.165, 1.54) is 23.4 Å². The van der Waals surface area contributed by atoms with Gasteiger partial charge in [0.25, 0.3) is 5.91 Å². The van der Waals surface area contributed by atoms with Crippen LogP contribution in [0, 0.1) is 31.6 Å². The van der Waals surface area contributed by atoms with Crippen molar-refractivity contribution < 1.29 is 70.4 Å². The molecule has 3 heterocycles. The maximum absolute atomic E-state index is 13.8. The third kappa shape index (κ3) is 21.2. The number of rotatable bonds is 39. The molecule has 2 aliphatic carbocycles. The van der Waals surface area contributed by atoms with Crippen LogP contribution >= 0.6 is 0 Å². The number of benzene rings is 2. The summed E-state index contributed by atoms with van der Waals surface area (Å²) in [5, 5.41) is 19.3. The van der Waals surface area contributed by atoms with Crippen LogP contribution < -0.4 is 20.7 Å². The van der Waals surface area contributed by atoms with Gasteiger partial charge in [0.15, 0.2) is 0 Å². The fourth-order valence-corrected chi connectivity index (χ4v) is 8.69. The Balaban J connectivity index is 0.647. The van der Waals surface area contributed by atoms with Crippen molar-refractivity contribution in [2.24, 2.45) is 17.8 Å². The zero-order chi connectivity index (χ0) is 55.5. The number of halogens is 3. The number of hydrogen-bond donors (Lipinski definition) is 4. The highest BCUT2D eigenvalue weighted by Crippen LogP contribution is 2.44. The molecule has 4 N–H and O–H groups in total. The third-order valence-electron chi connectivity index (χ3n) is 12.7. The second-order valence-corrected chi connectivity index (χ2v) is 18.7. The molecule has 7 rings (SSSR count). The van der Waals surface area contributed by atoms with Crippen LogP contribution in [0.4, 0.5) is 30.5 Å². The minimum Gasteiger partial charge on any atom is -0.490 e. The molecule has 79 heavy (non-hydrogen) atoms. The summed E-state index contributed by atoms with van der Waals surface area (Å²) in [4.78, 5) is 30.8. The molecule has 430 valence electrons. The van der Waals surface area contributed by atoms with E-state index >= 15 is 0 Å². The quantitative estimate of drug-likeness (QED) is 0.0177. The van der Waals surface area contributed by atoms with Gasteiger partial charge in [-0.2, -0.15) is 13.2 Å². The molecule has 2 bridgehead atoms. The van der Waals surface area contributed by atoms with Crippen LogP contribution in [0.1, 0.15) is 40.0 Å². The van der Waals surface area contributed by atoms with Gasteiger partial charge in [-0.1, -0.05) is 18.2 Å². The van der Waals surface area contributed by atoms with Gasteiger partial charge in [-0.3, -0.25) is 15.1 Å². The summed E-state index contributed by atoms with van der Waals surface area (Å²) in [6.07, 6.45) is 9.48. The summed E-state index contributed by atoms with van der Waals surface area (Å²) in [6.45, 7) is 12.6. The first-order valence-electron chi connectivity index (χ1n) is 26.6. The fraction of sp³-hybridized carbons (Fsp3) is 0.518. The Morgan fingerprint density at radius 3 is 1.87 bits per heavy atom. The first-order valence-corrected chi connectivity index (χ1v) is 26.6. The predicted octanol–water partition coefficient (Wildman–Crippen LogP) is 7.00. The molecular weight excluding hydrogens is 1030 g/mol. The van der Waals surface area contributed by atoms with Gasteiger partial charge in [-0.05, 0) is 86.6 Å². The van der Waals surface area contributed by atoms with E-state index in [2.05, 4.69) is 48.0 Å². The van der Waals surface area contributed by atoms with Crippen LogP contribution in [-0.4, -0.2) is 174 Å². The lowest BCUT2D eigenvalue weighted by Crippen LogP contribution is -2.39. The standard InChI is InChI=1S/C56H73F3N8O12/c1-40-3-5-44(53(68)64-47-33-46(56(57,58)59)34-48(35-47)67-38-41(2)63-39-67)32-52(40)66-55-62-8-7-51(65-55)45-31-49(37-60-36-45)79-28-27-78-26-25-77-24-23-76-22-21-75-20-19-74-18-17-73-16-15-72-14-13-71-12-11-70-10-9-61-54(69)50-30-42-4-6-43(50)29-42/h3-8,31-39,42-43,50,54,61,69H,9-30H2,1-2H3,(H,64,68)(H,62,65,66)/t42-,43+,50-,54?/m0/s1. The number of carbonyl (C=O) groups excluding carboxylic acids is 1. The number of aliphatic hydroxyl groups excluding tert-OH is 1. The third-order valence-corrected chi connectivity index (χ3v) is 12.7. The Bertz CT molecular complexity index is 2630. The monoisotopic (exact) mass is 1110 g/mol. The molecular formula is C56H73F3N8O12. The van der Waals surface area contributed by atoms with Crippen molar-refractivity contribution in [3.05, 3.63) is 114 Å². The number of alkyl halides is 3. The number of ether oxygens (including phenoxy) is 10. The van der Waals surface area contributed by atoms with E-state index in [1.807, 2.05) is 6.92 Å². The Kier molecular flexibility index (Phi) is 25.3. The average molecular weight is 1110 g/mol. The molecule has 3 aromatic heterocycles. The maximum Gasteiger partial charge on any atom is 0.416 e. The SMILES string of the molecule is Cc1cn(-c2cc(NC(=O)c3ccc(C)c(Nc4nccc(-c5cncc(OCCOCCOCCOCCOCCOCCOCCOCCOCCOCCNC(O)[C@H]6C[C@H]7C=C[C@@H]6C7)c5)n4)c3)cc(C(F)(F)F)c2)cn1. The van der Waals surface area contributed by atoms with Crippen LogP contribution in [-0.2, 0) is 48.8 Å². The van der Waals surface area contributed by atoms with Crippen LogP contribution in [0.5, 0.6) is 5.75 Å². The Labute approximate surface area is 458 Å². The second-order valence-electron chi connectivity index (χ2n) is 18.7. The summed E-state index contributed by atoms with van der Waals surface area (Å²) in [6, 6.07) is 11.7. The van der Waals surface area contributed by atoms with Gasteiger partial charge in [-0.25, -0.2) is 15.0 Å². The van der Waals surface area contributed by atoms with Crippen molar-refractivity contribution in [3.8, 4) is 22.7 Å². The van der Waals surface area contributed by atoms with E-state index < -0.39 is 23.9 Å². The summed E-state index contributed by atoms with van der Waals surface area (Å²) >= 11 is 0. The van der Waals surface area contributed by atoms with Crippen LogP contribution in [0.3, 0.4) is 0 Å². The summed E-state index contributed by atoms with van der Waals surface area (Å²) in [5.41, 5.74) is 2.60. The highest BCUT2D eigenvalue weighted by atomic mass is 19.4. The molecule has 2 aliphatic rings. The largest absolute Gasteiger partial charge is 0.490 e. The number of amides is 1. The number of nitrogens with one attached hydrogen (secondary N) is 3. The van der Waals surface area contributed by atoms with E-state index in [0.29, 0.717) is 172 Å². The van der Waals surface area contributed by atoms with Crippen molar-refractivity contribution >= 4 is 23.2 Å². The minimum absolute atomic E-state index is 0.0301. The number of pyridine rings is 1. The van der Waals surface area contributed by atoms with E-state index in [1.54, 1.807) is 62.0 Å². The molecule has 23 heteroatoms. The number of aryl methyl sites for hydroxylation is 2. The van der Waals surface area contributed by atoms with Gasteiger partial charge in [0.2, 0.25) is 5.95 Å². The summed E-state index contributed by atoms with van der Waals surface area (Å²) < 4.78 is 98.9. The molecule has 1 amide bonds. The van der Waals surface area contributed by atoms with Gasteiger partial charge < -0.3 is 67.7 Å². The van der Waals surface area contributed by atoms with Crippen LogP contribution in [0.2, 0.25) is 0 Å². The van der Waals surface area contributed by atoms with Gasteiger partial charge in [0.1, 0.15) is 18.6 Å². The summed E-state index contributed by atoms with van der Waals surface area (Å²) in [5.74, 6) is 1.63. The molecule has 0 aliphatic heterocycles. The van der Waals surface area contributed by atoms with Gasteiger partial charge in [0, 0.05) is 59.2 Å². The Hall–Kier alpha value is -5.96. The molecule has 1 fully saturated rings. The zero-order valence-electron chi connectivity index (χ0n) is 44.8. The molecule has 2 aromatic carbocycles. The van der Waals surface area contributed by atoms with Crippen molar-refractivity contribution in [1.29, 1.82) is 0 Å². The van der Waals surface area contributed by atoms with Crippen LogP contribution in [0.15, 0.2) is 91.8 Å². The number of allylic oxidation sites excluding steroid dienone is 2. The number of carbonyl (C=O) groups is 1. The predicted molar refractivity (Wildman–Crippen MR) is 287 cm³/mol. The van der Waals surface area contributed by atoms with E-state index in [4.69, 9.17) is 47.4 Å². The van der Waals surface area contributed by atoms with E-state index in [9.17, 15) is 23.1 Å². The van der Waals surface area contributed by atoms with Gasteiger partial charge in [0.05, 0.1) is 148 Å². The normalized spacial score (nSPS) is 16.2. The number of aromatic nitrogens is 5. The number of aliphatic hydroxyl groups is 1. The minimum atomic E-state index is -4.64. The smallest absolute Gasteiger partial charge is 0.416 e. The van der Waals surface area contributed by atoms with E-state index in [-0.39, 0.29) is 29.5 Å². The van der Waals surface area contributed by atoms with Crippen molar-refractivity contribution in [1.82, 2.24) is 29.8 Å². The molecule has 20 nitrogen and oxygen atoms in total. The molecule has 1 saturated carbocycles. The van der Waals surface area contributed by atoms with E-state index in [0.717, 1.165) is 24.1 Å². The number of hydrogen-bond acceptors (Lipinski definition) is 18. The lowest BCUT2D eigenvalue weighted by Gasteiger charge is -2.25. The maximum atomic E-state index is 13.8. The number of anilines is 3.